The number of rotatable bonds is 5. The van der Waals surface area contributed by atoms with Gasteiger partial charge in [0.15, 0.2) is 0 Å². The fraction of sp³-hybridized carbons (Fsp3) is 0.480. The van der Waals surface area contributed by atoms with Gasteiger partial charge in [-0.25, -0.2) is 0 Å². The van der Waals surface area contributed by atoms with Crippen molar-refractivity contribution in [2.24, 2.45) is 17.8 Å². The number of hydrogen-bond acceptors (Lipinski definition) is 2. The number of benzene rings is 2. The van der Waals surface area contributed by atoms with Crippen LogP contribution in [0.2, 0.25) is 0 Å². The average molecular weight is 375 g/mol. The molecule has 146 valence electrons. The van der Waals surface area contributed by atoms with Gasteiger partial charge in [0.1, 0.15) is 0 Å². The molecule has 2 aromatic carbocycles. The molecule has 1 amide bonds. The summed E-state index contributed by atoms with van der Waals surface area (Å²) in [7, 11) is 0. The molecule has 2 saturated carbocycles. The number of nitrogens with one attached hydrogen (secondary N) is 2. The summed E-state index contributed by atoms with van der Waals surface area (Å²) in [6, 6.07) is 17.6. The molecule has 1 heterocycles. The molecule has 28 heavy (non-hydrogen) atoms. The van der Waals surface area contributed by atoms with Gasteiger partial charge in [-0.2, -0.15) is 0 Å². The lowest BCUT2D eigenvalue weighted by Crippen LogP contribution is -2.35. The number of amides is 1. The minimum Gasteiger partial charge on any atom is -0.378 e. The van der Waals surface area contributed by atoms with E-state index >= 15 is 0 Å². The largest absolute Gasteiger partial charge is 0.378 e. The van der Waals surface area contributed by atoms with Gasteiger partial charge in [0, 0.05) is 17.8 Å². The lowest BCUT2D eigenvalue weighted by molar-refractivity contribution is 0.0953. The van der Waals surface area contributed by atoms with Crippen LogP contribution in [0, 0.1) is 17.8 Å². The highest BCUT2D eigenvalue weighted by molar-refractivity contribution is 5.95. The number of hydrogen-bond donors (Lipinski definition) is 2. The van der Waals surface area contributed by atoms with E-state index in [1.165, 1.54) is 36.1 Å². The minimum atomic E-state index is 0.0705. The van der Waals surface area contributed by atoms with Crippen molar-refractivity contribution in [3.63, 3.8) is 0 Å². The first-order valence-electron chi connectivity index (χ1n) is 11.0. The zero-order valence-corrected chi connectivity index (χ0v) is 16.7. The Kier molecular flexibility index (Phi) is 4.62. The molecular formula is C25H30N2O. The number of carbonyl (C=O) groups excluding carboxylic acids is 1. The maximum atomic E-state index is 12.6. The highest BCUT2D eigenvalue weighted by Crippen LogP contribution is 2.63. The van der Waals surface area contributed by atoms with E-state index in [0.717, 1.165) is 36.8 Å². The van der Waals surface area contributed by atoms with E-state index in [0.29, 0.717) is 17.9 Å². The van der Waals surface area contributed by atoms with Crippen LogP contribution in [-0.2, 0) is 0 Å². The monoisotopic (exact) mass is 374 g/mol. The molecule has 5 rings (SSSR count). The Balaban J connectivity index is 1.49. The van der Waals surface area contributed by atoms with Gasteiger partial charge < -0.3 is 10.6 Å². The molecule has 0 aromatic heterocycles. The van der Waals surface area contributed by atoms with Crippen LogP contribution in [0.3, 0.4) is 0 Å². The Labute approximate surface area is 167 Å². The van der Waals surface area contributed by atoms with Gasteiger partial charge in [0.2, 0.25) is 0 Å². The maximum absolute atomic E-state index is 12.6. The van der Waals surface area contributed by atoms with Gasteiger partial charge in [0.05, 0.1) is 6.04 Å². The Hall–Kier alpha value is -2.29. The second-order valence-electron chi connectivity index (χ2n) is 8.88. The van der Waals surface area contributed by atoms with Gasteiger partial charge in [-0.3, -0.25) is 4.79 Å². The first-order valence-corrected chi connectivity index (χ1v) is 11.0. The quantitative estimate of drug-likeness (QED) is 0.677. The van der Waals surface area contributed by atoms with Crippen LogP contribution in [0.5, 0.6) is 0 Å². The number of unbranched alkanes of at least 4 members (excludes halogenated alkanes) is 1. The van der Waals surface area contributed by atoms with Crippen molar-refractivity contribution < 1.29 is 4.79 Å². The molecule has 5 atom stereocenters. The second-order valence-corrected chi connectivity index (χ2v) is 8.88. The standard InChI is InChI=1S/C25H30N2O/c1-2-3-13-26-25(28)19-11-12-21-20(15-19)22-17-9-10-18(14-17)23(22)24(27-21)16-7-5-4-6-8-16/h4-8,11-12,15,17-18,22-24,27H,2-3,9-10,13-14H2,1H3,(H,26,28)/t17-,18-,22-,23-,24-/m0/s1. The average Bonchev–Trinajstić information content (AvgIpc) is 3.36. The number of fused-ring (bicyclic) bond motifs is 7. The number of anilines is 1. The van der Waals surface area contributed by atoms with Crippen molar-refractivity contribution in [1.29, 1.82) is 0 Å². The smallest absolute Gasteiger partial charge is 0.251 e. The summed E-state index contributed by atoms with van der Waals surface area (Å²) in [6.45, 7) is 2.91. The normalized spacial score (nSPS) is 29.7. The van der Waals surface area contributed by atoms with E-state index in [-0.39, 0.29) is 5.91 Å². The van der Waals surface area contributed by atoms with Gasteiger partial charge in [-0.15, -0.1) is 0 Å². The lowest BCUT2D eigenvalue weighted by Gasteiger charge is -2.43. The Morgan fingerprint density at radius 3 is 2.75 bits per heavy atom. The molecule has 2 fully saturated rings. The van der Waals surface area contributed by atoms with Crippen molar-refractivity contribution in [2.45, 2.75) is 51.0 Å². The molecule has 3 nitrogen and oxygen atoms in total. The van der Waals surface area contributed by atoms with Gasteiger partial charge in [-0.1, -0.05) is 43.7 Å². The zero-order chi connectivity index (χ0) is 19.1. The highest BCUT2D eigenvalue weighted by atomic mass is 16.1. The van der Waals surface area contributed by atoms with Gasteiger partial charge in [0.25, 0.3) is 5.91 Å². The van der Waals surface area contributed by atoms with Crippen LogP contribution >= 0.6 is 0 Å². The minimum absolute atomic E-state index is 0.0705. The third-order valence-corrected chi connectivity index (χ3v) is 7.32. The van der Waals surface area contributed by atoms with Crippen molar-refractivity contribution >= 4 is 11.6 Å². The van der Waals surface area contributed by atoms with E-state index in [1.807, 2.05) is 6.07 Å². The topological polar surface area (TPSA) is 41.1 Å². The van der Waals surface area contributed by atoms with Crippen molar-refractivity contribution in [3.8, 4) is 0 Å². The van der Waals surface area contributed by atoms with Crippen molar-refractivity contribution in [3.05, 3.63) is 65.2 Å². The van der Waals surface area contributed by atoms with Crippen LogP contribution in [0.4, 0.5) is 5.69 Å². The van der Waals surface area contributed by atoms with Gasteiger partial charge >= 0.3 is 0 Å². The van der Waals surface area contributed by atoms with E-state index < -0.39 is 0 Å². The molecule has 2 aromatic rings. The van der Waals surface area contributed by atoms with E-state index in [9.17, 15) is 4.79 Å². The highest BCUT2D eigenvalue weighted by Gasteiger charge is 2.53. The van der Waals surface area contributed by atoms with Gasteiger partial charge in [-0.05, 0) is 78.7 Å². The van der Waals surface area contributed by atoms with Crippen LogP contribution in [0.25, 0.3) is 0 Å². The Morgan fingerprint density at radius 1 is 1.11 bits per heavy atom. The lowest BCUT2D eigenvalue weighted by atomic mass is 9.68. The van der Waals surface area contributed by atoms with E-state index in [4.69, 9.17) is 0 Å². The third kappa shape index (κ3) is 2.92. The molecule has 1 aliphatic heterocycles. The molecule has 0 spiro atoms. The predicted molar refractivity (Wildman–Crippen MR) is 114 cm³/mol. The fourth-order valence-corrected chi connectivity index (χ4v) is 6.10. The predicted octanol–water partition coefficient (Wildman–Crippen LogP) is 5.51. The van der Waals surface area contributed by atoms with E-state index in [1.54, 1.807) is 0 Å². The first-order chi connectivity index (χ1) is 13.8. The molecule has 0 saturated heterocycles. The molecule has 3 aliphatic rings. The van der Waals surface area contributed by atoms with Crippen LogP contribution in [0.1, 0.15) is 72.5 Å². The summed E-state index contributed by atoms with van der Waals surface area (Å²) in [6.07, 6.45) is 6.20. The summed E-state index contributed by atoms with van der Waals surface area (Å²) < 4.78 is 0. The SMILES string of the molecule is CCCCNC(=O)c1ccc2c(c1)[C@@H]1[C@H]3CC[C@@H](C3)[C@@H]1[C@H](c1ccccc1)N2. The first kappa shape index (κ1) is 17.8. The summed E-state index contributed by atoms with van der Waals surface area (Å²) in [4.78, 5) is 12.6. The van der Waals surface area contributed by atoms with Crippen LogP contribution < -0.4 is 10.6 Å². The summed E-state index contributed by atoms with van der Waals surface area (Å²) >= 11 is 0. The molecule has 2 aliphatic carbocycles. The zero-order valence-electron chi connectivity index (χ0n) is 16.7. The molecule has 2 N–H and O–H groups in total. The van der Waals surface area contributed by atoms with E-state index in [2.05, 4.69) is 60.0 Å². The summed E-state index contributed by atoms with van der Waals surface area (Å²) in [5, 5.41) is 6.93. The molecule has 2 bridgehead atoms. The maximum Gasteiger partial charge on any atom is 0.251 e. The van der Waals surface area contributed by atoms with Crippen LogP contribution in [-0.4, -0.2) is 12.5 Å². The molecular weight excluding hydrogens is 344 g/mol. The molecule has 0 unspecified atom stereocenters. The second kappa shape index (κ2) is 7.27. The third-order valence-electron chi connectivity index (χ3n) is 7.32. The number of carbonyl (C=O) groups is 1. The summed E-state index contributed by atoms with van der Waals surface area (Å²) in [5.74, 6) is 2.89. The summed E-state index contributed by atoms with van der Waals surface area (Å²) in [5.41, 5.74) is 4.83. The Bertz CT molecular complexity index is 862. The fourth-order valence-electron chi connectivity index (χ4n) is 6.10. The molecule has 3 heteroatoms. The van der Waals surface area contributed by atoms with Crippen molar-refractivity contribution in [2.75, 3.05) is 11.9 Å². The molecule has 0 radical (unpaired) electrons. The van der Waals surface area contributed by atoms with Crippen LogP contribution in [0.15, 0.2) is 48.5 Å². The van der Waals surface area contributed by atoms with Crippen molar-refractivity contribution in [1.82, 2.24) is 5.32 Å². The Morgan fingerprint density at radius 2 is 1.93 bits per heavy atom.